The summed E-state index contributed by atoms with van der Waals surface area (Å²) in [6.45, 7) is 8.93. The third-order valence-electron chi connectivity index (χ3n) is 4.48. The van der Waals surface area contributed by atoms with E-state index in [9.17, 15) is 4.79 Å². The minimum Gasteiger partial charge on any atom is -0.373 e. The van der Waals surface area contributed by atoms with Gasteiger partial charge in [0.15, 0.2) is 0 Å². The highest BCUT2D eigenvalue weighted by atomic mass is 16.5. The minimum atomic E-state index is -0.268. The Hall–Kier alpha value is -1.50. The summed E-state index contributed by atoms with van der Waals surface area (Å²) in [4.78, 5) is 21.6. The number of hydrogen-bond acceptors (Lipinski definition) is 5. The molecule has 0 spiro atoms. The Morgan fingerprint density at radius 3 is 2.61 bits per heavy atom. The Labute approximate surface area is 137 Å². The van der Waals surface area contributed by atoms with Crippen molar-refractivity contribution in [1.82, 2.24) is 20.1 Å². The lowest BCUT2D eigenvalue weighted by molar-refractivity contribution is -0.144. The molecule has 3 unspecified atom stereocenters. The molecule has 3 atom stereocenters. The van der Waals surface area contributed by atoms with Gasteiger partial charge in [0.1, 0.15) is 6.04 Å². The fourth-order valence-corrected chi connectivity index (χ4v) is 3.53. The molecule has 0 saturated carbocycles. The predicted octanol–water partition coefficient (Wildman–Crippen LogP) is 0.664. The van der Waals surface area contributed by atoms with Gasteiger partial charge in [0.05, 0.1) is 12.2 Å². The van der Waals surface area contributed by atoms with Crippen molar-refractivity contribution < 1.29 is 9.53 Å². The zero-order valence-electron chi connectivity index (χ0n) is 13.9. The zero-order valence-corrected chi connectivity index (χ0v) is 13.9. The molecule has 23 heavy (non-hydrogen) atoms. The molecule has 6 heteroatoms. The van der Waals surface area contributed by atoms with Gasteiger partial charge in [0, 0.05) is 51.7 Å². The topological polar surface area (TPSA) is 57.7 Å². The van der Waals surface area contributed by atoms with Crippen LogP contribution in [0.2, 0.25) is 0 Å². The number of nitrogens with zero attached hydrogens (tertiary/aromatic N) is 3. The Morgan fingerprint density at radius 2 is 2.00 bits per heavy atom. The Bertz CT molecular complexity index is 509. The first kappa shape index (κ1) is 16.4. The van der Waals surface area contributed by atoms with Gasteiger partial charge in [-0.15, -0.1) is 0 Å². The molecule has 3 rings (SSSR count). The molecule has 0 aromatic carbocycles. The summed E-state index contributed by atoms with van der Waals surface area (Å²) in [5.74, 6) is 0.181. The van der Waals surface area contributed by atoms with Gasteiger partial charge in [0.25, 0.3) is 0 Å². The molecule has 6 nitrogen and oxygen atoms in total. The standard InChI is InChI=1S/C17H26N4O2/c1-13-11-21(12-14(2)23-13)16(15-4-3-5-19-10-15)17(22)20-8-6-18-7-9-20/h3-5,10,13-14,16,18H,6-9,11-12H2,1-2H3. The second kappa shape index (κ2) is 7.38. The molecule has 2 saturated heterocycles. The molecule has 126 valence electrons. The summed E-state index contributed by atoms with van der Waals surface area (Å²) in [5, 5.41) is 3.30. The monoisotopic (exact) mass is 318 g/mol. The van der Waals surface area contributed by atoms with E-state index < -0.39 is 0 Å². The van der Waals surface area contributed by atoms with Crippen LogP contribution in [0.15, 0.2) is 24.5 Å². The summed E-state index contributed by atoms with van der Waals surface area (Å²) >= 11 is 0. The van der Waals surface area contributed by atoms with Gasteiger partial charge >= 0.3 is 0 Å². The van der Waals surface area contributed by atoms with Crippen LogP contribution in [0.3, 0.4) is 0 Å². The normalized spacial score (nSPS) is 27.7. The van der Waals surface area contributed by atoms with Gasteiger partial charge < -0.3 is 15.0 Å². The highest BCUT2D eigenvalue weighted by Crippen LogP contribution is 2.26. The summed E-state index contributed by atoms with van der Waals surface area (Å²) in [6, 6.07) is 3.64. The largest absolute Gasteiger partial charge is 0.373 e. The van der Waals surface area contributed by atoms with Crippen LogP contribution < -0.4 is 5.32 Å². The van der Waals surface area contributed by atoms with Crippen molar-refractivity contribution in [3.05, 3.63) is 30.1 Å². The summed E-state index contributed by atoms with van der Waals surface area (Å²) in [5.41, 5.74) is 0.970. The number of carbonyl (C=O) groups excluding carboxylic acids is 1. The number of hydrogen-bond donors (Lipinski definition) is 1. The third-order valence-corrected chi connectivity index (χ3v) is 4.48. The lowest BCUT2D eigenvalue weighted by atomic mass is 10.0. The van der Waals surface area contributed by atoms with Gasteiger partial charge in [0.2, 0.25) is 5.91 Å². The number of pyridine rings is 1. The van der Waals surface area contributed by atoms with E-state index in [1.165, 1.54) is 0 Å². The molecule has 3 heterocycles. The van der Waals surface area contributed by atoms with E-state index in [2.05, 4.69) is 29.0 Å². The fourth-order valence-electron chi connectivity index (χ4n) is 3.53. The van der Waals surface area contributed by atoms with E-state index >= 15 is 0 Å². The molecular formula is C17H26N4O2. The average molecular weight is 318 g/mol. The van der Waals surface area contributed by atoms with E-state index in [0.29, 0.717) is 0 Å². The molecule has 1 aromatic heterocycles. The van der Waals surface area contributed by atoms with Crippen LogP contribution >= 0.6 is 0 Å². The van der Waals surface area contributed by atoms with Gasteiger partial charge in [-0.1, -0.05) is 6.07 Å². The Morgan fingerprint density at radius 1 is 1.30 bits per heavy atom. The molecule has 0 aliphatic carbocycles. The van der Waals surface area contributed by atoms with Crippen LogP contribution in [0.25, 0.3) is 0 Å². The maximum Gasteiger partial charge on any atom is 0.244 e. The smallest absolute Gasteiger partial charge is 0.244 e. The molecule has 1 amide bonds. The van der Waals surface area contributed by atoms with Gasteiger partial charge in [-0.3, -0.25) is 14.7 Å². The first-order chi connectivity index (χ1) is 11.1. The first-order valence-corrected chi connectivity index (χ1v) is 8.44. The van der Waals surface area contributed by atoms with Crippen molar-refractivity contribution in [2.45, 2.75) is 32.1 Å². The van der Waals surface area contributed by atoms with Crippen LogP contribution in [0, 0.1) is 0 Å². The van der Waals surface area contributed by atoms with Gasteiger partial charge in [-0.2, -0.15) is 0 Å². The molecule has 1 N–H and O–H groups in total. The number of morpholine rings is 1. The average Bonchev–Trinajstić information content (AvgIpc) is 2.56. The van der Waals surface area contributed by atoms with E-state index in [0.717, 1.165) is 44.8 Å². The maximum atomic E-state index is 13.2. The number of nitrogens with one attached hydrogen (secondary N) is 1. The summed E-state index contributed by atoms with van der Waals surface area (Å²) < 4.78 is 5.84. The van der Waals surface area contributed by atoms with Crippen molar-refractivity contribution in [2.24, 2.45) is 0 Å². The van der Waals surface area contributed by atoms with Crippen LogP contribution in [0.1, 0.15) is 25.5 Å². The molecule has 2 aliphatic heterocycles. The van der Waals surface area contributed by atoms with Crippen LogP contribution in [-0.4, -0.2) is 72.2 Å². The Balaban J connectivity index is 1.85. The van der Waals surface area contributed by atoms with Gasteiger partial charge in [-0.05, 0) is 25.5 Å². The number of piperazine rings is 1. The predicted molar refractivity (Wildman–Crippen MR) is 88.0 cm³/mol. The highest BCUT2D eigenvalue weighted by molar-refractivity contribution is 5.83. The van der Waals surface area contributed by atoms with Crippen molar-refractivity contribution in [3.63, 3.8) is 0 Å². The third kappa shape index (κ3) is 3.88. The highest BCUT2D eigenvalue weighted by Gasteiger charge is 2.36. The SMILES string of the molecule is CC1CN(C(C(=O)N2CCNCC2)c2cccnc2)CC(C)O1. The summed E-state index contributed by atoms with van der Waals surface area (Å²) in [6.07, 6.45) is 3.83. The zero-order chi connectivity index (χ0) is 16.2. The molecule has 2 fully saturated rings. The van der Waals surface area contributed by atoms with Gasteiger partial charge in [-0.25, -0.2) is 0 Å². The molecule has 2 aliphatic rings. The van der Waals surface area contributed by atoms with E-state index in [4.69, 9.17) is 4.74 Å². The lowest BCUT2D eigenvalue weighted by Crippen LogP contribution is -2.54. The van der Waals surface area contributed by atoms with Crippen molar-refractivity contribution in [3.8, 4) is 0 Å². The van der Waals surface area contributed by atoms with Crippen molar-refractivity contribution in [1.29, 1.82) is 0 Å². The van der Waals surface area contributed by atoms with E-state index in [1.54, 1.807) is 6.20 Å². The quantitative estimate of drug-likeness (QED) is 0.887. The lowest BCUT2D eigenvalue weighted by Gasteiger charge is -2.41. The molecule has 0 bridgehead atoms. The van der Waals surface area contributed by atoms with Crippen molar-refractivity contribution >= 4 is 5.91 Å². The van der Waals surface area contributed by atoms with Crippen LogP contribution in [0.5, 0.6) is 0 Å². The molecule has 0 radical (unpaired) electrons. The maximum absolute atomic E-state index is 13.2. The number of amides is 1. The molecular weight excluding hydrogens is 292 g/mol. The number of rotatable bonds is 3. The number of ether oxygens (including phenoxy) is 1. The second-order valence-corrected chi connectivity index (χ2v) is 6.48. The minimum absolute atomic E-state index is 0.133. The number of carbonyl (C=O) groups is 1. The fraction of sp³-hybridized carbons (Fsp3) is 0.647. The summed E-state index contributed by atoms with van der Waals surface area (Å²) in [7, 11) is 0. The first-order valence-electron chi connectivity index (χ1n) is 8.44. The second-order valence-electron chi connectivity index (χ2n) is 6.48. The van der Waals surface area contributed by atoms with E-state index in [1.807, 2.05) is 23.2 Å². The Kier molecular flexibility index (Phi) is 5.25. The van der Waals surface area contributed by atoms with E-state index in [-0.39, 0.29) is 24.2 Å². The van der Waals surface area contributed by atoms with Crippen LogP contribution in [-0.2, 0) is 9.53 Å². The molecule has 1 aromatic rings. The van der Waals surface area contributed by atoms with Crippen molar-refractivity contribution in [2.75, 3.05) is 39.3 Å². The van der Waals surface area contributed by atoms with Crippen LogP contribution in [0.4, 0.5) is 0 Å². The number of aromatic nitrogens is 1.